The average molecular weight is 616 g/mol. The number of benzene rings is 2. The Morgan fingerprint density at radius 3 is 2.30 bits per heavy atom. The summed E-state index contributed by atoms with van der Waals surface area (Å²) in [5.74, 6) is -0.0463. The minimum atomic E-state index is -0.119. The van der Waals surface area contributed by atoms with E-state index in [0.717, 1.165) is 49.9 Å². The molecule has 2 saturated heterocycles. The predicted molar refractivity (Wildman–Crippen MR) is 171 cm³/mol. The van der Waals surface area contributed by atoms with Gasteiger partial charge in [0.05, 0.1) is 22.3 Å². The van der Waals surface area contributed by atoms with Crippen LogP contribution in [-0.4, -0.2) is 75.4 Å². The van der Waals surface area contributed by atoms with Crippen LogP contribution in [0.3, 0.4) is 0 Å². The van der Waals surface area contributed by atoms with Crippen molar-refractivity contribution >= 4 is 29.3 Å². The molecule has 8 nitrogen and oxygen atoms in total. The molecule has 1 spiro atoms. The van der Waals surface area contributed by atoms with Crippen molar-refractivity contribution in [2.24, 2.45) is 12.5 Å². The number of amides is 3. The molecule has 232 valence electrons. The summed E-state index contributed by atoms with van der Waals surface area (Å²) in [6.07, 6.45) is 4.40. The average Bonchev–Trinajstić information content (AvgIpc) is 3.73. The molecule has 0 radical (unpaired) electrons. The summed E-state index contributed by atoms with van der Waals surface area (Å²) in [5, 5.41) is 5.03. The number of hydrogen-bond donors (Lipinski definition) is 0. The lowest BCUT2D eigenvalue weighted by molar-refractivity contribution is 0.0556. The van der Waals surface area contributed by atoms with E-state index in [9.17, 15) is 14.4 Å². The fourth-order valence-corrected chi connectivity index (χ4v) is 7.38. The largest absolute Gasteiger partial charge is 0.338 e. The molecule has 2 aromatic carbocycles. The van der Waals surface area contributed by atoms with Crippen molar-refractivity contribution in [1.82, 2.24) is 24.5 Å². The summed E-state index contributed by atoms with van der Waals surface area (Å²) in [6.45, 7) is 9.10. The zero-order valence-corrected chi connectivity index (χ0v) is 27.2. The van der Waals surface area contributed by atoms with Crippen LogP contribution >= 0.6 is 11.6 Å². The van der Waals surface area contributed by atoms with Gasteiger partial charge in [0.2, 0.25) is 0 Å². The van der Waals surface area contributed by atoms with Crippen LogP contribution in [0, 0.1) is 5.41 Å². The Morgan fingerprint density at radius 2 is 1.64 bits per heavy atom. The summed E-state index contributed by atoms with van der Waals surface area (Å²) in [4.78, 5) is 46.2. The van der Waals surface area contributed by atoms with Gasteiger partial charge in [0.15, 0.2) is 0 Å². The molecule has 6 rings (SSSR count). The Balaban J connectivity index is 1.10. The Labute approximate surface area is 265 Å². The third-order valence-electron chi connectivity index (χ3n) is 10.0. The molecule has 0 saturated carbocycles. The minimum absolute atomic E-state index is 0.0296. The highest BCUT2D eigenvalue weighted by Crippen LogP contribution is 2.42. The lowest BCUT2D eigenvalue weighted by Gasteiger charge is -2.39. The number of likely N-dealkylation sites (tertiary alicyclic amines) is 2. The summed E-state index contributed by atoms with van der Waals surface area (Å²) in [6, 6.07) is 14.9. The number of halogens is 1. The normalized spacial score (nSPS) is 19.4. The molecule has 44 heavy (non-hydrogen) atoms. The molecular weight excluding hydrogens is 574 g/mol. The number of carbonyl (C=O) groups is 3. The van der Waals surface area contributed by atoms with Gasteiger partial charge < -0.3 is 14.7 Å². The van der Waals surface area contributed by atoms with Crippen molar-refractivity contribution in [3.63, 3.8) is 0 Å². The van der Waals surface area contributed by atoms with Crippen LogP contribution in [0.5, 0.6) is 0 Å². The van der Waals surface area contributed by atoms with Crippen LogP contribution in [0.25, 0.3) is 0 Å². The first kappa shape index (κ1) is 30.4. The van der Waals surface area contributed by atoms with E-state index >= 15 is 0 Å². The summed E-state index contributed by atoms with van der Waals surface area (Å²) >= 11 is 6.32. The topological polar surface area (TPSA) is 78.8 Å². The number of fused-ring (bicyclic) bond motifs is 1. The molecule has 1 atom stereocenters. The van der Waals surface area contributed by atoms with Gasteiger partial charge in [-0.3, -0.25) is 19.1 Å². The zero-order valence-electron chi connectivity index (χ0n) is 26.4. The van der Waals surface area contributed by atoms with E-state index in [1.54, 1.807) is 21.7 Å². The number of piperidine rings is 1. The van der Waals surface area contributed by atoms with Gasteiger partial charge in [-0.2, -0.15) is 5.10 Å². The summed E-state index contributed by atoms with van der Waals surface area (Å²) in [5.41, 5.74) is 4.85. The fourth-order valence-electron chi connectivity index (χ4n) is 7.16. The number of aromatic nitrogens is 2. The molecule has 0 N–H and O–H groups in total. The third-order valence-corrected chi connectivity index (χ3v) is 10.4. The number of nitrogens with zero attached hydrogens (tertiary/aromatic N) is 5. The molecule has 9 heteroatoms. The van der Waals surface area contributed by atoms with Crippen molar-refractivity contribution in [1.29, 1.82) is 0 Å². The molecular formula is C35H42ClN5O3. The molecule has 3 heterocycles. The van der Waals surface area contributed by atoms with Crippen molar-refractivity contribution < 1.29 is 14.4 Å². The van der Waals surface area contributed by atoms with E-state index in [2.05, 4.69) is 31.9 Å². The Hall–Kier alpha value is -3.65. The van der Waals surface area contributed by atoms with Crippen molar-refractivity contribution in [3.8, 4) is 0 Å². The number of aryl methyl sites for hydroxylation is 2. The molecule has 3 amide bonds. The first-order chi connectivity index (χ1) is 20.9. The molecule has 2 fully saturated rings. The molecule has 3 aromatic rings. The molecule has 1 aromatic heterocycles. The van der Waals surface area contributed by atoms with E-state index in [1.165, 1.54) is 5.56 Å². The molecule has 2 aliphatic heterocycles. The van der Waals surface area contributed by atoms with E-state index in [4.69, 9.17) is 11.6 Å². The van der Waals surface area contributed by atoms with E-state index in [-0.39, 0.29) is 34.6 Å². The Bertz CT molecular complexity index is 1610. The van der Waals surface area contributed by atoms with Crippen LogP contribution in [0.1, 0.15) is 101 Å². The maximum atomic E-state index is 13.8. The molecule has 1 unspecified atom stereocenters. The Morgan fingerprint density at radius 1 is 0.955 bits per heavy atom. The van der Waals surface area contributed by atoms with Gasteiger partial charge >= 0.3 is 0 Å². The van der Waals surface area contributed by atoms with Gasteiger partial charge in [-0.1, -0.05) is 50.6 Å². The number of rotatable bonds is 4. The molecule has 0 bridgehead atoms. The quantitative estimate of drug-likeness (QED) is 0.366. The maximum absolute atomic E-state index is 13.8. The summed E-state index contributed by atoms with van der Waals surface area (Å²) in [7, 11) is 3.66. The smallest absolute Gasteiger partial charge is 0.272 e. The first-order valence-corrected chi connectivity index (χ1v) is 16.0. The van der Waals surface area contributed by atoms with Gasteiger partial charge in [-0.15, -0.1) is 0 Å². The second-order valence-corrected chi connectivity index (χ2v) is 14.3. The second-order valence-electron chi connectivity index (χ2n) is 13.9. The van der Waals surface area contributed by atoms with Crippen LogP contribution in [0.15, 0.2) is 48.5 Å². The lowest BCUT2D eigenvalue weighted by Crippen LogP contribution is -2.45. The van der Waals surface area contributed by atoms with Crippen molar-refractivity contribution in [2.75, 3.05) is 33.2 Å². The summed E-state index contributed by atoms with van der Waals surface area (Å²) < 4.78 is 1.70. The Kier molecular flexibility index (Phi) is 7.85. The van der Waals surface area contributed by atoms with Crippen molar-refractivity contribution in [2.45, 2.75) is 64.3 Å². The minimum Gasteiger partial charge on any atom is -0.338 e. The highest BCUT2D eigenvalue weighted by atomic mass is 35.5. The van der Waals surface area contributed by atoms with Crippen molar-refractivity contribution in [3.05, 3.63) is 87.2 Å². The first-order valence-electron chi connectivity index (χ1n) is 15.6. The van der Waals surface area contributed by atoms with E-state index in [0.29, 0.717) is 41.5 Å². The SMILES string of the molecule is CN(C(=O)c1ccccc1Cl)C1CCc2ccc(C(=O)N3CCC4(CCN(C(=O)c5cc(C(C)(C)C)nn5C)CC4)C3)cc21. The van der Waals surface area contributed by atoms with Gasteiger partial charge in [0, 0.05) is 51.3 Å². The zero-order chi connectivity index (χ0) is 31.4. The number of hydrogen-bond acceptors (Lipinski definition) is 4. The highest BCUT2D eigenvalue weighted by Gasteiger charge is 2.43. The number of carbonyl (C=O) groups excluding carboxylic acids is 3. The van der Waals surface area contributed by atoms with Crippen LogP contribution in [-0.2, 0) is 18.9 Å². The van der Waals surface area contributed by atoms with E-state index in [1.807, 2.05) is 54.2 Å². The maximum Gasteiger partial charge on any atom is 0.272 e. The van der Waals surface area contributed by atoms with Gasteiger partial charge in [-0.25, -0.2) is 0 Å². The molecule has 1 aliphatic carbocycles. The van der Waals surface area contributed by atoms with Crippen LogP contribution < -0.4 is 0 Å². The third kappa shape index (κ3) is 5.53. The molecule has 3 aliphatic rings. The lowest BCUT2D eigenvalue weighted by atomic mass is 9.77. The second kappa shape index (κ2) is 11.4. The predicted octanol–water partition coefficient (Wildman–Crippen LogP) is 5.90. The van der Waals surface area contributed by atoms with Crippen LogP contribution in [0.2, 0.25) is 5.02 Å². The van der Waals surface area contributed by atoms with Gasteiger partial charge in [0.1, 0.15) is 5.69 Å². The monoisotopic (exact) mass is 615 g/mol. The van der Waals surface area contributed by atoms with Gasteiger partial charge in [-0.05, 0) is 79.0 Å². The highest BCUT2D eigenvalue weighted by molar-refractivity contribution is 6.33. The van der Waals surface area contributed by atoms with Crippen LogP contribution in [0.4, 0.5) is 0 Å². The standard InChI is InChI=1S/C35H42ClN5O3/c1-34(2,3)30-21-29(39(5)37-30)33(44)40-17-14-35(15-18-40)16-19-41(22-35)31(42)24-11-10-23-12-13-28(26(23)20-24)38(4)32(43)25-8-6-7-9-27(25)36/h6-11,20-21,28H,12-19,22H2,1-5H3. The van der Waals surface area contributed by atoms with E-state index < -0.39 is 0 Å². The fraction of sp³-hybridized carbons (Fsp3) is 0.486. The van der Waals surface area contributed by atoms with Gasteiger partial charge in [0.25, 0.3) is 17.7 Å².